The summed E-state index contributed by atoms with van der Waals surface area (Å²) < 4.78 is 38.3. The number of carbonyl (C=O) groups excluding carboxylic acids is 1. The van der Waals surface area contributed by atoms with Gasteiger partial charge in [0, 0.05) is 12.5 Å². The first-order chi connectivity index (χ1) is 16.9. The van der Waals surface area contributed by atoms with Crippen LogP contribution in [0.25, 0.3) is 0 Å². The minimum absolute atomic E-state index is 0.0885. The molecule has 1 amide bonds. The number of fused-ring (bicyclic) bond motifs is 1. The number of rotatable bonds is 2. The summed E-state index contributed by atoms with van der Waals surface area (Å²) >= 11 is 1.36. The van der Waals surface area contributed by atoms with Crippen LogP contribution in [-0.4, -0.2) is 27.6 Å². The molecule has 1 aliphatic rings. The molecule has 0 spiro atoms. The highest BCUT2D eigenvalue weighted by Crippen LogP contribution is 2.40. The van der Waals surface area contributed by atoms with E-state index in [9.17, 15) is 13.6 Å². The molecule has 1 aromatic carbocycles. The summed E-state index contributed by atoms with van der Waals surface area (Å²) in [4.78, 5) is 10.5. The van der Waals surface area contributed by atoms with Gasteiger partial charge in [-0.15, -0.1) is 19.0 Å². The van der Waals surface area contributed by atoms with Crippen LogP contribution in [0.15, 0.2) is 22.7 Å². The Labute approximate surface area is 216 Å². The van der Waals surface area contributed by atoms with E-state index in [4.69, 9.17) is 4.52 Å². The van der Waals surface area contributed by atoms with Crippen LogP contribution in [0, 0.1) is 27.7 Å². The predicted molar refractivity (Wildman–Crippen MR) is 139 cm³/mol. The fourth-order valence-corrected chi connectivity index (χ4v) is 3.51. The number of anilines is 1. The van der Waals surface area contributed by atoms with Crippen molar-refractivity contribution in [2.75, 3.05) is 5.32 Å². The fourth-order valence-electron chi connectivity index (χ4n) is 2.87. The second-order valence-corrected chi connectivity index (χ2v) is 8.50. The third-order valence-corrected chi connectivity index (χ3v) is 4.79. The zero-order valence-electron chi connectivity index (χ0n) is 22.9. The van der Waals surface area contributed by atoms with Gasteiger partial charge in [-0.2, -0.15) is 0 Å². The highest BCUT2D eigenvalue weighted by molar-refractivity contribution is 7.15. The Kier molecular flexibility index (Phi) is 14.5. The first-order valence-corrected chi connectivity index (χ1v) is 12.6. The fraction of sp³-hybridized carbons (Fsp3) is 0.520. The number of halogens is 2. The molecule has 3 heterocycles. The molecule has 0 aliphatic carbocycles. The average Bonchev–Trinajstić information content (AvgIpc) is 3.46. The molecule has 0 radical (unpaired) electrons. The number of nitrogens with one attached hydrogen (secondary N) is 1. The number of aryl methyl sites for hydroxylation is 4. The lowest BCUT2D eigenvalue weighted by Gasteiger charge is -2.04. The molecule has 0 bridgehead atoms. The molecular formula is C25H38F2N4O4S. The van der Waals surface area contributed by atoms with Gasteiger partial charge in [0.05, 0.1) is 5.69 Å². The van der Waals surface area contributed by atoms with Gasteiger partial charge in [-0.25, -0.2) is 0 Å². The van der Waals surface area contributed by atoms with Gasteiger partial charge in [0.15, 0.2) is 11.5 Å². The smallest absolute Gasteiger partial charge is 0.395 e. The van der Waals surface area contributed by atoms with Gasteiger partial charge >= 0.3 is 6.29 Å². The number of aromatic nitrogens is 3. The third-order valence-electron chi connectivity index (χ3n) is 4.03. The standard InChI is InChI=1S/C8H6F2O2.C8H13NO.C5H7N3OS.2C2H6/c1-5-2-3-6-7(4-5)12-8(9,10)11-6;1-5(2)8-6(3)9-10-7(8)4;1-3(9)6-5-8-7-4(2)10-5;2*1-2/h2-4H,1H3;5H,1-4H3;1-2H3,(H,6,8,9);2*1-2H3. The van der Waals surface area contributed by atoms with Crippen molar-refractivity contribution in [1.29, 1.82) is 0 Å². The molecule has 0 saturated heterocycles. The van der Waals surface area contributed by atoms with Gasteiger partial charge in [0.2, 0.25) is 11.0 Å². The first kappa shape index (κ1) is 32.9. The summed E-state index contributed by atoms with van der Waals surface area (Å²) in [6.07, 6.45) is -3.50. The SMILES string of the molecule is CC.CC.CC(=O)Nc1nnc(C)s1.Cc1ccc2c(c1)OC(F)(F)O2.Cc1noc(C)c1C(C)C. The summed E-state index contributed by atoms with van der Waals surface area (Å²) in [5, 5.41) is 15.2. The van der Waals surface area contributed by atoms with Crippen molar-refractivity contribution in [2.45, 2.75) is 88.4 Å². The van der Waals surface area contributed by atoms with Crippen LogP contribution in [0.1, 0.15) is 82.0 Å². The Hall–Kier alpha value is -3.08. The van der Waals surface area contributed by atoms with E-state index < -0.39 is 6.29 Å². The van der Waals surface area contributed by atoms with E-state index in [0.29, 0.717) is 11.0 Å². The minimum atomic E-state index is -3.50. The zero-order chi connectivity index (χ0) is 28.1. The first-order valence-electron chi connectivity index (χ1n) is 11.7. The van der Waals surface area contributed by atoms with Gasteiger partial charge in [0.25, 0.3) is 0 Å². The van der Waals surface area contributed by atoms with E-state index >= 15 is 0 Å². The van der Waals surface area contributed by atoms with Crippen LogP contribution in [-0.2, 0) is 4.79 Å². The number of alkyl halides is 2. The van der Waals surface area contributed by atoms with Crippen LogP contribution in [0.4, 0.5) is 13.9 Å². The second-order valence-electron chi connectivity index (χ2n) is 7.32. The van der Waals surface area contributed by atoms with Gasteiger partial charge in [-0.05, 0) is 51.3 Å². The Bertz CT molecular complexity index is 1050. The number of benzene rings is 1. The maximum Gasteiger partial charge on any atom is 0.586 e. The minimum Gasteiger partial charge on any atom is -0.395 e. The lowest BCUT2D eigenvalue weighted by Crippen LogP contribution is -2.25. The van der Waals surface area contributed by atoms with Gasteiger partial charge in [0.1, 0.15) is 10.8 Å². The summed E-state index contributed by atoms with van der Waals surface area (Å²) in [5.41, 5.74) is 3.13. The maximum atomic E-state index is 12.4. The van der Waals surface area contributed by atoms with Crippen LogP contribution >= 0.6 is 11.3 Å². The molecule has 1 aliphatic heterocycles. The van der Waals surface area contributed by atoms with Crippen molar-refractivity contribution in [3.8, 4) is 11.5 Å². The monoisotopic (exact) mass is 528 g/mol. The number of hydrogen-bond donors (Lipinski definition) is 1. The van der Waals surface area contributed by atoms with Crippen molar-refractivity contribution in [1.82, 2.24) is 15.4 Å². The number of ether oxygens (including phenoxy) is 2. The van der Waals surface area contributed by atoms with Crippen LogP contribution < -0.4 is 14.8 Å². The lowest BCUT2D eigenvalue weighted by atomic mass is 10.0. The molecule has 3 aromatic rings. The molecule has 0 fully saturated rings. The van der Waals surface area contributed by atoms with E-state index in [1.54, 1.807) is 13.0 Å². The molecule has 1 N–H and O–H groups in total. The van der Waals surface area contributed by atoms with Crippen molar-refractivity contribution in [2.24, 2.45) is 0 Å². The van der Waals surface area contributed by atoms with E-state index in [-0.39, 0.29) is 17.4 Å². The predicted octanol–water partition coefficient (Wildman–Crippen LogP) is 7.59. The van der Waals surface area contributed by atoms with Gasteiger partial charge in [-0.1, -0.05) is 64.1 Å². The Morgan fingerprint density at radius 1 is 1.00 bits per heavy atom. The summed E-state index contributed by atoms with van der Waals surface area (Å²) in [6.45, 7) is 21.3. The molecule has 8 nitrogen and oxygen atoms in total. The zero-order valence-corrected chi connectivity index (χ0v) is 23.8. The maximum absolute atomic E-state index is 12.4. The number of carbonyl (C=O) groups is 1. The van der Waals surface area contributed by atoms with Crippen molar-refractivity contribution in [3.05, 3.63) is 45.8 Å². The topological polar surface area (TPSA) is 99.4 Å². The molecule has 0 atom stereocenters. The van der Waals surface area contributed by atoms with Crippen molar-refractivity contribution in [3.63, 3.8) is 0 Å². The molecule has 4 rings (SSSR count). The van der Waals surface area contributed by atoms with Crippen LogP contribution in [0.2, 0.25) is 0 Å². The second kappa shape index (κ2) is 15.8. The molecule has 0 saturated carbocycles. The van der Waals surface area contributed by atoms with Crippen molar-refractivity contribution < 1.29 is 27.6 Å². The molecular weight excluding hydrogens is 490 g/mol. The molecule has 0 unspecified atom stereocenters. The van der Waals surface area contributed by atoms with Crippen LogP contribution in [0.3, 0.4) is 0 Å². The largest absolute Gasteiger partial charge is 0.586 e. The Balaban J connectivity index is 0.000000479. The van der Waals surface area contributed by atoms with E-state index in [2.05, 4.69) is 44.0 Å². The number of hydrogen-bond acceptors (Lipinski definition) is 8. The highest BCUT2D eigenvalue weighted by Gasteiger charge is 2.43. The molecule has 11 heteroatoms. The summed E-state index contributed by atoms with van der Waals surface area (Å²) in [6, 6.07) is 4.66. The van der Waals surface area contributed by atoms with Gasteiger partial charge < -0.3 is 19.3 Å². The van der Waals surface area contributed by atoms with E-state index in [1.165, 1.54) is 36.0 Å². The van der Waals surface area contributed by atoms with E-state index in [1.807, 2.05) is 48.5 Å². The molecule has 2 aromatic heterocycles. The number of amides is 1. The Morgan fingerprint density at radius 3 is 2.00 bits per heavy atom. The number of nitrogens with zero attached hydrogens (tertiary/aromatic N) is 3. The molecule has 202 valence electrons. The highest BCUT2D eigenvalue weighted by atomic mass is 32.1. The normalized spacial score (nSPS) is 11.9. The molecule has 36 heavy (non-hydrogen) atoms. The lowest BCUT2D eigenvalue weighted by molar-refractivity contribution is -0.286. The third kappa shape index (κ3) is 11.1. The summed E-state index contributed by atoms with van der Waals surface area (Å²) in [5.74, 6) is 1.54. The average molecular weight is 529 g/mol. The summed E-state index contributed by atoms with van der Waals surface area (Å²) in [7, 11) is 0. The van der Waals surface area contributed by atoms with E-state index in [0.717, 1.165) is 22.0 Å². The van der Waals surface area contributed by atoms with Gasteiger partial charge in [-0.3, -0.25) is 4.79 Å². The Morgan fingerprint density at radius 2 is 1.58 bits per heavy atom. The van der Waals surface area contributed by atoms with Crippen LogP contribution in [0.5, 0.6) is 11.5 Å². The quantitative estimate of drug-likeness (QED) is 0.366. The van der Waals surface area contributed by atoms with Crippen molar-refractivity contribution >= 4 is 22.4 Å².